The van der Waals surface area contributed by atoms with E-state index in [2.05, 4.69) is 31.4 Å². The van der Waals surface area contributed by atoms with Crippen LogP contribution in [-0.4, -0.2) is 30.2 Å². The van der Waals surface area contributed by atoms with E-state index >= 15 is 0 Å². The number of hydrogen-bond acceptors (Lipinski definition) is 2. The van der Waals surface area contributed by atoms with E-state index < -0.39 is 5.97 Å². The van der Waals surface area contributed by atoms with Crippen LogP contribution >= 0.6 is 0 Å². The molecule has 5 heteroatoms. The fourth-order valence-corrected chi connectivity index (χ4v) is 3.20. The quantitative estimate of drug-likeness (QED) is 0.644. The third-order valence-corrected chi connectivity index (χ3v) is 4.38. The van der Waals surface area contributed by atoms with Gasteiger partial charge in [0, 0.05) is 19.5 Å². The second-order valence-electron chi connectivity index (χ2n) is 6.85. The minimum absolute atomic E-state index is 0.00125. The van der Waals surface area contributed by atoms with Gasteiger partial charge in [0.05, 0.1) is 0 Å². The number of rotatable bonds is 8. The smallest absolute Gasteiger partial charge is 0.314 e. The van der Waals surface area contributed by atoms with Crippen molar-refractivity contribution in [3.05, 3.63) is 0 Å². The molecule has 1 aliphatic carbocycles. The van der Waals surface area contributed by atoms with Crippen molar-refractivity contribution in [2.24, 2.45) is 23.7 Å². The molecular formula is C16H30N2O3. The first-order valence-electron chi connectivity index (χ1n) is 8.12. The molecule has 21 heavy (non-hydrogen) atoms. The second kappa shape index (κ2) is 8.90. The summed E-state index contributed by atoms with van der Waals surface area (Å²) in [5, 5.41) is 14.6. The second-order valence-corrected chi connectivity index (χ2v) is 6.85. The van der Waals surface area contributed by atoms with Gasteiger partial charge in [-0.3, -0.25) is 4.79 Å². The average molecular weight is 298 g/mol. The monoisotopic (exact) mass is 298 g/mol. The molecule has 0 saturated heterocycles. The first-order chi connectivity index (χ1) is 9.88. The van der Waals surface area contributed by atoms with Crippen LogP contribution in [0.3, 0.4) is 0 Å². The average Bonchev–Trinajstić information content (AvgIpc) is 2.77. The van der Waals surface area contributed by atoms with Gasteiger partial charge in [0.1, 0.15) is 0 Å². The first-order valence-corrected chi connectivity index (χ1v) is 8.12. The van der Waals surface area contributed by atoms with E-state index in [9.17, 15) is 9.59 Å². The van der Waals surface area contributed by atoms with Crippen molar-refractivity contribution in [3.8, 4) is 0 Å². The highest BCUT2D eigenvalue weighted by Crippen LogP contribution is 2.30. The molecule has 0 bridgehead atoms. The Bertz CT molecular complexity index is 344. The normalized spacial score (nSPS) is 23.0. The summed E-state index contributed by atoms with van der Waals surface area (Å²) < 4.78 is 0. The Morgan fingerprint density at radius 2 is 1.95 bits per heavy atom. The predicted molar refractivity (Wildman–Crippen MR) is 83.1 cm³/mol. The van der Waals surface area contributed by atoms with Gasteiger partial charge in [0.15, 0.2) is 0 Å². The lowest BCUT2D eigenvalue weighted by Crippen LogP contribution is -2.41. The van der Waals surface area contributed by atoms with Crippen molar-refractivity contribution in [1.29, 1.82) is 0 Å². The van der Waals surface area contributed by atoms with Crippen molar-refractivity contribution in [2.75, 3.05) is 13.1 Å². The van der Waals surface area contributed by atoms with Crippen LogP contribution in [0.15, 0.2) is 0 Å². The summed E-state index contributed by atoms with van der Waals surface area (Å²) in [6.07, 6.45) is 4.62. The molecule has 3 N–H and O–H groups in total. The summed E-state index contributed by atoms with van der Waals surface area (Å²) in [7, 11) is 0. The zero-order chi connectivity index (χ0) is 15.8. The highest BCUT2D eigenvalue weighted by molar-refractivity contribution is 5.74. The molecule has 1 fully saturated rings. The zero-order valence-corrected chi connectivity index (χ0v) is 13.5. The minimum Gasteiger partial charge on any atom is -0.481 e. The van der Waals surface area contributed by atoms with E-state index in [-0.39, 0.29) is 18.4 Å². The molecule has 122 valence electrons. The molecule has 0 radical (unpaired) electrons. The van der Waals surface area contributed by atoms with Crippen LogP contribution in [0.1, 0.15) is 52.9 Å². The van der Waals surface area contributed by atoms with Crippen LogP contribution in [-0.2, 0) is 4.79 Å². The summed E-state index contributed by atoms with van der Waals surface area (Å²) in [6.45, 7) is 7.52. The third kappa shape index (κ3) is 7.34. The fourth-order valence-electron chi connectivity index (χ4n) is 3.20. The van der Waals surface area contributed by atoms with Crippen LogP contribution < -0.4 is 10.6 Å². The van der Waals surface area contributed by atoms with Gasteiger partial charge < -0.3 is 15.7 Å². The van der Waals surface area contributed by atoms with Crippen molar-refractivity contribution in [1.82, 2.24) is 10.6 Å². The maximum absolute atomic E-state index is 11.8. The number of amides is 2. The van der Waals surface area contributed by atoms with E-state index in [1.807, 2.05) is 0 Å². The van der Waals surface area contributed by atoms with Gasteiger partial charge in [-0.1, -0.05) is 33.6 Å². The van der Waals surface area contributed by atoms with Gasteiger partial charge in [-0.2, -0.15) is 0 Å². The molecule has 2 amide bonds. The van der Waals surface area contributed by atoms with E-state index in [4.69, 9.17) is 5.11 Å². The van der Waals surface area contributed by atoms with Crippen LogP contribution in [0.5, 0.6) is 0 Å². The molecule has 0 spiro atoms. The molecule has 0 heterocycles. The van der Waals surface area contributed by atoms with Gasteiger partial charge in [-0.25, -0.2) is 4.79 Å². The largest absolute Gasteiger partial charge is 0.481 e. The number of nitrogens with one attached hydrogen (secondary N) is 2. The van der Waals surface area contributed by atoms with E-state index in [0.717, 1.165) is 13.0 Å². The Kier molecular flexibility index (Phi) is 7.54. The lowest BCUT2D eigenvalue weighted by molar-refractivity contribution is -0.138. The van der Waals surface area contributed by atoms with Gasteiger partial charge in [-0.15, -0.1) is 0 Å². The maximum Gasteiger partial charge on any atom is 0.314 e. The Morgan fingerprint density at radius 3 is 2.48 bits per heavy atom. The molecule has 1 aliphatic rings. The van der Waals surface area contributed by atoms with E-state index in [1.165, 1.54) is 19.3 Å². The van der Waals surface area contributed by atoms with Crippen molar-refractivity contribution < 1.29 is 14.7 Å². The van der Waals surface area contributed by atoms with Crippen LogP contribution in [0.25, 0.3) is 0 Å². The number of aliphatic carboxylic acids is 1. The maximum atomic E-state index is 11.8. The third-order valence-electron chi connectivity index (χ3n) is 4.38. The molecule has 0 aromatic heterocycles. The van der Waals surface area contributed by atoms with Gasteiger partial charge >= 0.3 is 12.0 Å². The number of carbonyl (C=O) groups excluding carboxylic acids is 1. The topological polar surface area (TPSA) is 78.4 Å². The van der Waals surface area contributed by atoms with Gasteiger partial charge in [0.2, 0.25) is 0 Å². The standard InChI is InChI=1S/C16H30N2O3/c1-11(2)7-13(8-15(19)20)9-17-16(21)18-10-14-6-4-5-12(14)3/h11-14H,4-10H2,1-3H3,(H,19,20)(H2,17,18,21). The molecule has 0 aromatic rings. The Balaban J connectivity index is 2.26. The predicted octanol–water partition coefficient (Wildman–Crippen LogP) is 2.86. The number of carbonyl (C=O) groups is 2. The number of hydrogen-bond donors (Lipinski definition) is 3. The van der Waals surface area contributed by atoms with Crippen molar-refractivity contribution >= 4 is 12.0 Å². The van der Waals surface area contributed by atoms with E-state index in [0.29, 0.717) is 24.3 Å². The number of carboxylic acids is 1. The van der Waals surface area contributed by atoms with Crippen molar-refractivity contribution in [2.45, 2.75) is 52.9 Å². The SMILES string of the molecule is CC(C)CC(CNC(=O)NCC1CCCC1C)CC(=O)O. The molecule has 3 atom stereocenters. The minimum atomic E-state index is -0.803. The summed E-state index contributed by atoms with van der Waals surface area (Å²) >= 11 is 0. The highest BCUT2D eigenvalue weighted by atomic mass is 16.4. The lowest BCUT2D eigenvalue weighted by atomic mass is 9.94. The molecule has 5 nitrogen and oxygen atoms in total. The Morgan fingerprint density at radius 1 is 1.24 bits per heavy atom. The first kappa shape index (κ1) is 17.8. The fraction of sp³-hybridized carbons (Fsp3) is 0.875. The van der Waals surface area contributed by atoms with Crippen molar-refractivity contribution in [3.63, 3.8) is 0 Å². The molecule has 1 saturated carbocycles. The summed E-state index contributed by atoms with van der Waals surface area (Å²) in [5.41, 5.74) is 0. The molecule has 0 aromatic carbocycles. The highest BCUT2D eigenvalue weighted by Gasteiger charge is 2.23. The number of carboxylic acid groups (broad SMARTS) is 1. The lowest BCUT2D eigenvalue weighted by Gasteiger charge is -2.19. The summed E-state index contributed by atoms with van der Waals surface area (Å²) in [4.78, 5) is 22.7. The van der Waals surface area contributed by atoms with Crippen LogP contribution in [0.4, 0.5) is 4.79 Å². The Labute approximate surface area is 127 Å². The zero-order valence-electron chi connectivity index (χ0n) is 13.5. The molecule has 0 aliphatic heterocycles. The molecule has 1 rings (SSSR count). The van der Waals surface area contributed by atoms with Crippen LogP contribution in [0, 0.1) is 23.7 Å². The number of urea groups is 1. The summed E-state index contributed by atoms with van der Waals surface area (Å²) in [6, 6.07) is -0.173. The van der Waals surface area contributed by atoms with Crippen LogP contribution in [0.2, 0.25) is 0 Å². The van der Waals surface area contributed by atoms with Gasteiger partial charge in [0.25, 0.3) is 0 Å². The van der Waals surface area contributed by atoms with Gasteiger partial charge in [-0.05, 0) is 36.5 Å². The molecule has 3 unspecified atom stereocenters. The Hall–Kier alpha value is -1.26. The van der Waals surface area contributed by atoms with E-state index in [1.54, 1.807) is 0 Å². The summed E-state index contributed by atoms with van der Waals surface area (Å²) in [5.74, 6) is 0.895. The molecular weight excluding hydrogens is 268 g/mol.